The largest absolute Gasteiger partial charge is 0.484 e. The van der Waals surface area contributed by atoms with Crippen molar-refractivity contribution >= 4 is 35.0 Å². The summed E-state index contributed by atoms with van der Waals surface area (Å²) in [5, 5.41) is 3.67. The monoisotopic (exact) mass is 344 g/mol. The molecule has 2 rings (SSSR count). The molecule has 1 aromatic rings. The third-order valence-electron chi connectivity index (χ3n) is 3.30. The van der Waals surface area contributed by atoms with Gasteiger partial charge >= 0.3 is 0 Å². The quantitative estimate of drug-likeness (QED) is 0.773. The van der Waals surface area contributed by atoms with Crippen LogP contribution in [-0.2, 0) is 9.59 Å². The number of hydrogen-bond acceptors (Lipinski definition) is 3. The summed E-state index contributed by atoms with van der Waals surface area (Å²) in [6, 6.07) is 4.79. The topological polar surface area (TPSA) is 58.6 Å². The van der Waals surface area contributed by atoms with Crippen LogP contribution in [0.2, 0.25) is 10.0 Å². The Morgan fingerprint density at radius 3 is 2.64 bits per heavy atom. The van der Waals surface area contributed by atoms with Gasteiger partial charge < -0.3 is 15.0 Å². The predicted molar refractivity (Wildman–Crippen MR) is 85.4 cm³/mol. The number of hydrogen-bond donors (Lipinski definition) is 1. The van der Waals surface area contributed by atoms with E-state index in [-0.39, 0.29) is 18.4 Å². The minimum absolute atomic E-state index is 0.0979. The van der Waals surface area contributed by atoms with Crippen molar-refractivity contribution in [3.8, 4) is 5.75 Å². The lowest BCUT2D eigenvalue weighted by molar-refractivity contribution is -0.127. The third kappa shape index (κ3) is 5.39. The van der Waals surface area contributed by atoms with Crippen molar-refractivity contribution in [2.24, 2.45) is 0 Å². The summed E-state index contributed by atoms with van der Waals surface area (Å²) in [5.74, 6) is 0.437. The minimum atomic E-state index is -0.219. The van der Waals surface area contributed by atoms with Gasteiger partial charge in [-0.2, -0.15) is 0 Å². The molecule has 1 aliphatic rings. The summed E-state index contributed by atoms with van der Waals surface area (Å²) >= 11 is 11.7. The molecule has 1 saturated heterocycles. The molecule has 0 radical (unpaired) electrons. The second-order valence-corrected chi connectivity index (χ2v) is 5.95. The Morgan fingerprint density at radius 1 is 1.27 bits per heavy atom. The first-order valence-electron chi connectivity index (χ1n) is 7.18. The van der Waals surface area contributed by atoms with Gasteiger partial charge in [-0.15, -0.1) is 0 Å². The van der Waals surface area contributed by atoms with Crippen LogP contribution < -0.4 is 10.1 Å². The van der Waals surface area contributed by atoms with Crippen LogP contribution in [0.5, 0.6) is 5.75 Å². The summed E-state index contributed by atoms with van der Waals surface area (Å²) < 4.78 is 5.33. The Morgan fingerprint density at radius 2 is 2.00 bits per heavy atom. The van der Waals surface area contributed by atoms with Crippen LogP contribution in [0.3, 0.4) is 0 Å². The fourth-order valence-corrected chi connectivity index (χ4v) is 2.76. The lowest BCUT2D eigenvalue weighted by Gasteiger charge is -2.15. The van der Waals surface area contributed by atoms with Gasteiger partial charge in [-0.1, -0.05) is 23.2 Å². The SMILES string of the molecule is O=C(COc1cc(Cl)cc(Cl)c1)NCCCN1CCCC1=O. The third-order valence-corrected chi connectivity index (χ3v) is 3.74. The van der Waals surface area contributed by atoms with E-state index in [2.05, 4.69) is 5.32 Å². The molecule has 5 nitrogen and oxygen atoms in total. The fourth-order valence-electron chi connectivity index (χ4n) is 2.25. The van der Waals surface area contributed by atoms with E-state index in [0.29, 0.717) is 35.3 Å². The molecular formula is C15H18Cl2N2O3. The summed E-state index contributed by atoms with van der Waals surface area (Å²) in [4.78, 5) is 24.9. The van der Waals surface area contributed by atoms with E-state index >= 15 is 0 Å². The molecule has 0 aromatic heterocycles. The number of benzene rings is 1. The first kappa shape index (κ1) is 16.9. The Kier molecular flexibility index (Phi) is 6.34. The van der Waals surface area contributed by atoms with E-state index in [9.17, 15) is 9.59 Å². The molecule has 0 spiro atoms. The highest BCUT2D eigenvalue weighted by molar-refractivity contribution is 6.34. The summed E-state index contributed by atoms with van der Waals surface area (Å²) in [7, 11) is 0. The van der Waals surface area contributed by atoms with Gasteiger partial charge in [0.1, 0.15) is 5.75 Å². The average Bonchev–Trinajstić information content (AvgIpc) is 2.86. The smallest absolute Gasteiger partial charge is 0.257 e. The van der Waals surface area contributed by atoms with Crippen molar-refractivity contribution in [3.05, 3.63) is 28.2 Å². The molecule has 7 heteroatoms. The molecule has 1 aromatic carbocycles. The molecule has 0 unspecified atom stereocenters. The lowest BCUT2D eigenvalue weighted by atomic mass is 10.3. The second kappa shape index (κ2) is 8.25. The molecule has 1 N–H and O–H groups in total. The highest BCUT2D eigenvalue weighted by Crippen LogP contribution is 2.23. The molecule has 0 atom stereocenters. The number of nitrogens with one attached hydrogen (secondary N) is 1. The van der Waals surface area contributed by atoms with E-state index in [4.69, 9.17) is 27.9 Å². The van der Waals surface area contributed by atoms with E-state index in [0.717, 1.165) is 19.4 Å². The van der Waals surface area contributed by atoms with Crippen LogP contribution in [0, 0.1) is 0 Å². The van der Waals surface area contributed by atoms with E-state index in [1.807, 2.05) is 4.90 Å². The number of amides is 2. The summed E-state index contributed by atoms with van der Waals surface area (Å²) in [6.07, 6.45) is 2.31. The fraction of sp³-hybridized carbons (Fsp3) is 0.467. The van der Waals surface area contributed by atoms with Crippen LogP contribution in [0.4, 0.5) is 0 Å². The Bertz CT molecular complexity index is 531. The maximum atomic E-state index is 11.7. The number of carbonyl (C=O) groups excluding carboxylic acids is 2. The number of likely N-dealkylation sites (tertiary alicyclic amines) is 1. The van der Waals surface area contributed by atoms with Crippen molar-refractivity contribution in [1.29, 1.82) is 0 Å². The van der Waals surface area contributed by atoms with Gasteiger partial charge in [0, 0.05) is 36.1 Å². The zero-order chi connectivity index (χ0) is 15.9. The molecule has 1 aliphatic heterocycles. The Balaban J connectivity index is 1.62. The van der Waals surface area contributed by atoms with Gasteiger partial charge in [0.2, 0.25) is 5.91 Å². The molecule has 0 saturated carbocycles. The van der Waals surface area contributed by atoms with Gasteiger partial charge in [0.15, 0.2) is 6.61 Å². The number of halogens is 2. The standard InChI is InChI=1S/C15H18Cl2N2O3/c16-11-7-12(17)9-13(8-11)22-10-14(20)18-4-2-6-19-5-1-3-15(19)21/h7-9H,1-6,10H2,(H,18,20). The molecule has 0 aliphatic carbocycles. The van der Waals surface area contributed by atoms with Crippen LogP contribution in [-0.4, -0.2) is 43.0 Å². The van der Waals surface area contributed by atoms with Crippen molar-refractivity contribution in [2.45, 2.75) is 19.3 Å². The Labute approximate surface area is 139 Å². The number of carbonyl (C=O) groups is 2. The molecule has 1 heterocycles. The second-order valence-electron chi connectivity index (χ2n) is 5.08. The normalized spacial score (nSPS) is 14.3. The summed E-state index contributed by atoms with van der Waals surface area (Å²) in [5.41, 5.74) is 0. The van der Waals surface area contributed by atoms with Gasteiger partial charge in [0.25, 0.3) is 5.91 Å². The van der Waals surface area contributed by atoms with Crippen molar-refractivity contribution in [1.82, 2.24) is 10.2 Å². The van der Waals surface area contributed by atoms with Gasteiger partial charge in [-0.05, 0) is 31.0 Å². The Hall–Kier alpha value is -1.46. The van der Waals surface area contributed by atoms with Crippen molar-refractivity contribution in [3.63, 3.8) is 0 Å². The first-order chi connectivity index (χ1) is 10.5. The maximum absolute atomic E-state index is 11.7. The highest BCUT2D eigenvalue weighted by atomic mass is 35.5. The number of rotatable bonds is 7. The maximum Gasteiger partial charge on any atom is 0.257 e. The molecule has 2 amide bonds. The number of ether oxygens (including phenoxy) is 1. The van der Waals surface area contributed by atoms with Gasteiger partial charge in [-0.3, -0.25) is 9.59 Å². The number of nitrogens with zero attached hydrogens (tertiary/aromatic N) is 1. The van der Waals surface area contributed by atoms with Crippen molar-refractivity contribution in [2.75, 3.05) is 26.2 Å². The molecule has 1 fully saturated rings. The first-order valence-corrected chi connectivity index (χ1v) is 7.93. The van der Waals surface area contributed by atoms with E-state index in [1.54, 1.807) is 18.2 Å². The van der Waals surface area contributed by atoms with E-state index in [1.165, 1.54) is 0 Å². The lowest BCUT2D eigenvalue weighted by Crippen LogP contribution is -2.33. The minimum Gasteiger partial charge on any atom is -0.484 e. The zero-order valence-electron chi connectivity index (χ0n) is 12.1. The van der Waals surface area contributed by atoms with Crippen LogP contribution in [0.25, 0.3) is 0 Å². The van der Waals surface area contributed by atoms with Crippen LogP contribution >= 0.6 is 23.2 Å². The molecular weight excluding hydrogens is 327 g/mol. The summed E-state index contributed by atoms with van der Waals surface area (Å²) in [6.45, 7) is 1.93. The van der Waals surface area contributed by atoms with Gasteiger partial charge in [0.05, 0.1) is 0 Å². The predicted octanol–water partition coefficient (Wildman–Crippen LogP) is 2.50. The van der Waals surface area contributed by atoms with E-state index < -0.39 is 0 Å². The molecule has 22 heavy (non-hydrogen) atoms. The highest BCUT2D eigenvalue weighted by Gasteiger charge is 2.18. The van der Waals surface area contributed by atoms with Gasteiger partial charge in [-0.25, -0.2) is 0 Å². The van der Waals surface area contributed by atoms with Crippen LogP contribution in [0.1, 0.15) is 19.3 Å². The molecule has 0 bridgehead atoms. The molecule has 120 valence electrons. The average molecular weight is 345 g/mol. The zero-order valence-corrected chi connectivity index (χ0v) is 13.6. The van der Waals surface area contributed by atoms with Crippen LogP contribution in [0.15, 0.2) is 18.2 Å². The van der Waals surface area contributed by atoms with Crippen molar-refractivity contribution < 1.29 is 14.3 Å².